The number of hydrogen-bond donors (Lipinski definition) is 0. The summed E-state index contributed by atoms with van der Waals surface area (Å²) in [5.41, 5.74) is 23.1. The fourth-order valence-corrected chi connectivity index (χ4v) is 19.1. The topological polar surface area (TPSA) is 216 Å². The van der Waals surface area contributed by atoms with Gasteiger partial charge in [-0.3, -0.25) is 29.5 Å². The Labute approximate surface area is 596 Å². The van der Waals surface area contributed by atoms with Gasteiger partial charge in [0.25, 0.3) is 54.1 Å². The minimum absolute atomic E-state index is 0.333. The molecule has 0 saturated heterocycles. The molecule has 0 bridgehead atoms. The first-order chi connectivity index (χ1) is 52.1. The highest BCUT2D eigenvalue weighted by atomic mass is 32.2. The van der Waals surface area contributed by atoms with Crippen LogP contribution in [0.5, 0.6) is 0 Å². The van der Waals surface area contributed by atoms with Crippen LogP contribution in [0.2, 0.25) is 0 Å². The maximum atomic E-state index is 7.84. The number of hydrogen-bond acceptors (Lipinski definition) is 17. The zero-order valence-corrected chi connectivity index (χ0v) is 56.6. The minimum Gasteiger partial charge on any atom is -0.437 e. The molecule has 490 valence electrons. The number of thiazole rings is 2. The van der Waals surface area contributed by atoms with E-state index in [0.717, 1.165) is 149 Å². The highest BCUT2D eigenvalue weighted by molar-refractivity contribution is 7.42. The Morgan fingerprint density at radius 2 is 0.806 bits per heavy atom. The molecule has 22 nitrogen and oxygen atoms in total. The summed E-state index contributed by atoms with van der Waals surface area (Å²) < 4.78 is 66.9. The number of fused-ring (bicyclic) bond motifs is 35. The van der Waals surface area contributed by atoms with E-state index in [0.29, 0.717) is 23.7 Å². The maximum Gasteiger partial charge on any atom is 0.402 e. The molecular formula is C78H51N18O4S3+5. The van der Waals surface area contributed by atoms with Crippen LogP contribution in [0.3, 0.4) is 0 Å². The lowest BCUT2D eigenvalue weighted by molar-refractivity contribution is -0.648. The van der Waals surface area contributed by atoms with E-state index in [-0.39, 0.29) is 0 Å². The molecule has 0 aliphatic carbocycles. The predicted octanol–water partition coefficient (Wildman–Crippen LogP) is 13.5. The van der Waals surface area contributed by atoms with Gasteiger partial charge in [0.15, 0.2) is 70.8 Å². The monoisotopic (exact) mass is 1400 g/mol. The minimum atomic E-state index is -2.35. The second kappa shape index (κ2) is 22.3. The fraction of sp³-hybridized carbons (Fsp3) is 0.0897. The quantitative estimate of drug-likeness (QED) is 0.140. The van der Waals surface area contributed by atoms with Gasteiger partial charge in [0.05, 0.1) is 101 Å². The van der Waals surface area contributed by atoms with Crippen LogP contribution in [0.4, 0.5) is 0 Å². The summed E-state index contributed by atoms with van der Waals surface area (Å²) >= 11 is 5.33. The van der Waals surface area contributed by atoms with Gasteiger partial charge >= 0.3 is 17.7 Å². The highest BCUT2D eigenvalue weighted by Crippen LogP contribution is 2.44. The standard InChI is InChI=1S/C20H13N4O.2C15H11N4O.C14H8N3OS.C14H8N3S2/c1-2-6-14(7-3-1)24-16-11-21-10-8-15(16)18-20(24)25-19-17-13(12-23(18)19)5-4-9-22-17;2*1-18-11-7-16-6-4-10(11)13-15(18)20-14-12-9(8-19(13)14)3-2-5-17-12;2*1-2-8-7-17-12-9-3-5-15-6-10(9)18-14(12)19-13(17)11(8)16-4-1/h1-11H,12H2;2*2-7H,8H2,1H3;2*1-6H,7H2/q5*+1/i;1D3;;;. The average molecular weight is 1400 g/mol. The molecule has 5 aliphatic rings. The third-order valence-corrected chi connectivity index (χ3v) is 23.3. The molecule has 5 aliphatic heterocycles. The lowest BCUT2D eigenvalue weighted by Gasteiger charge is -2.03. The van der Waals surface area contributed by atoms with E-state index in [9.17, 15) is 0 Å². The molecule has 0 amide bonds. The van der Waals surface area contributed by atoms with E-state index >= 15 is 0 Å². The van der Waals surface area contributed by atoms with Gasteiger partial charge in [-0.2, -0.15) is 9.13 Å². The van der Waals surface area contributed by atoms with Crippen LogP contribution in [-0.2, 0) is 46.7 Å². The number of aromatic nitrogens is 18. The van der Waals surface area contributed by atoms with Crippen LogP contribution in [-0.4, -0.2) is 63.5 Å². The SMILES string of the molecule is Cn1c2cnccc2c2c1oc1[n+]2Cc2cccnc2-1.[2H]C([2H])([2H])n1c2cnccc2c2c1oc1[n+]2Cc2cccnc2-1.c1ccc(-n2c3cnccc3c3c2oc2[n+]3Cc3cccnc3-2)cc1.c1cnc2c(c1)C[n+]1c-2sc2oc3cnccc3c21.c1cnc2c(c1)C[n+]1c-2sc2sc3cnccc3c21. The third kappa shape index (κ3) is 8.54. The van der Waals surface area contributed by atoms with Crippen molar-refractivity contribution in [3.8, 4) is 61.8 Å². The molecule has 0 fully saturated rings. The molecule has 0 unspecified atom stereocenters. The van der Waals surface area contributed by atoms with Crippen molar-refractivity contribution in [2.75, 3.05) is 0 Å². The van der Waals surface area contributed by atoms with Crippen molar-refractivity contribution in [2.24, 2.45) is 14.0 Å². The molecule has 0 atom stereocenters. The molecule has 25 heteroatoms. The van der Waals surface area contributed by atoms with E-state index in [1.807, 2.05) is 180 Å². The molecule has 103 heavy (non-hydrogen) atoms. The fourth-order valence-electron chi connectivity index (χ4n) is 15.3. The van der Waals surface area contributed by atoms with Crippen LogP contribution in [0.1, 0.15) is 31.9 Å². The van der Waals surface area contributed by atoms with Crippen molar-refractivity contribution >= 4 is 141 Å². The zero-order chi connectivity index (χ0) is 70.2. The number of para-hydroxylation sites is 1. The highest BCUT2D eigenvalue weighted by Gasteiger charge is 2.43. The molecule has 25 heterocycles. The van der Waals surface area contributed by atoms with Crippen molar-refractivity contribution in [3.63, 3.8) is 0 Å². The molecule has 0 saturated carbocycles. The lowest BCUT2D eigenvalue weighted by atomic mass is 10.2. The first-order valence-corrected chi connectivity index (χ1v) is 35.6. The lowest BCUT2D eigenvalue weighted by Crippen LogP contribution is -2.30. The van der Waals surface area contributed by atoms with Gasteiger partial charge in [0.2, 0.25) is 5.52 Å². The molecule has 1 aromatic carbocycles. The first-order valence-electron chi connectivity index (χ1n) is 34.7. The second-order valence-electron chi connectivity index (χ2n) is 25.4. The second-order valence-corrected chi connectivity index (χ2v) is 28.7. The molecule has 26 rings (SSSR count). The van der Waals surface area contributed by atoms with Gasteiger partial charge in [-0.05, 0) is 126 Å². The summed E-state index contributed by atoms with van der Waals surface area (Å²) in [5.74, 6) is 2.27. The number of rotatable bonds is 1. The van der Waals surface area contributed by atoms with Crippen LogP contribution in [0, 0.1) is 0 Å². The van der Waals surface area contributed by atoms with E-state index in [1.165, 1.54) is 61.8 Å². The zero-order valence-electron chi connectivity index (χ0n) is 57.2. The van der Waals surface area contributed by atoms with Crippen LogP contribution in [0.15, 0.2) is 232 Å². The first kappa shape index (κ1) is 54.9. The summed E-state index contributed by atoms with van der Waals surface area (Å²) in [6, 6.07) is 40.6. The Hall–Kier alpha value is -13.0. The molecular weight excluding hydrogens is 1350 g/mol. The van der Waals surface area contributed by atoms with Crippen molar-refractivity contribution in [1.82, 2.24) is 63.5 Å². The van der Waals surface area contributed by atoms with E-state index in [1.54, 1.807) is 36.1 Å². The van der Waals surface area contributed by atoms with Crippen molar-refractivity contribution in [2.45, 2.75) is 32.7 Å². The number of benzene rings is 1. The van der Waals surface area contributed by atoms with Gasteiger partial charge in [0, 0.05) is 92.0 Å². The normalized spacial score (nSPS) is 13.5. The summed E-state index contributed by atoms with van der Waals surface area (Å²) in [6.07, 6.45) is 27.1. The van der Waals surface area contributed by atoms with E-state index in [4.69, 9.17) is 21.8 Å². The Morgan fingerprint density at radius 1 is 0.369 bits per heavy atom. The molecule has 21 aromatic rings. The number of pyridine rings is 10. The predicted molar refractivity (Wildman–Crippen MR) is 389 cm³/mol. The molecule has 0 N–H and O–H groups in total. The Bertz CT molecular complexity index is 7100. The van der Waals surface area contributed by atoms with Crippen molar-refractivity contribution in [1.29, 1.82) is 0 Å². The Kier molecular flexibility index (Phi) is 11.9. The summed E-state index contributed by atoms with van der Waals surface area (Å²) in [5, 5.41) is 8.02. The number of oxazole rings is 3. The van der Waals surface area contributed by atoms with Gasteiger partial charge in [0.1, 0.15) is 0 Å². The van der Waals surface area contributed by atoms with Gasteiger partial charge in [-0.25, -0.2) is 24.9 Å². The Balaban J connectivity index is 0.0000000830. The summed E-state index contributed by atoms with van der Waals surface area (Å²) in [6.45, 7) is 1.67. The number of aryl methyl sites for hydroxylation is 2. The van der Waals surface area contributed by atoms with Crippen molar-refractivity contribution < 1.29 is 44.6 Å². The average Bonchev–Trinajstić information content (AvgIpc) is 1.59. The maximum absolute atomic E-state index is 7.84. The smallest absolute Gasteiger partial charge is 0.402 e. The van der Waals surface area contributed by atoms with E-state index < -0.39 is 6.98 Å². The molecule has 0 spiro atoms. The largest absolute Gasteiger partial charge is 0.437 e. The van der Waals surface area contributed by atoms with Gasteiger partial charge in [-0.1, -0.05) is 18.2 Å². The summed E-state index contributed by atoms with van der Waals surface area (Å²) in [4.78, 5) is 44.2. The van der Waals surface area contributed by atoms with E-state index in [2.05, 4.69) is 121 Å². The third-order valence-electron chi connectivity index (χ3n) is 19.9. The number of nitrogens with zero attached hydrogens (tertiary/aromatic N) is 18. The molecule has 20 aromatic heterocycles. The van der Waals surface area contributed by atoms with Crippen molar-refractivity contribution in [3.05, 3.63) is 242 Å². The van der Waals surface area contributed by atoms with Gasteiger partial charge in [-0.15, -0.1) is 25.0 Å². The van der Waals surface area contributed by atoms with Crippen LogP contribution in [0.25, 0.3) is 169 Å². The summed E-state index contributed by atoms with van der Waals surface area (Å²) in [7, 11) is 2.00. The van der Waals surface area contributed by atoms with Crippen LogP contribution >= 0.6 is 34.0 Å². The van der Waals surface area contributed by atoms with Gasteiger partial charge < -0.3 is 26.8 Å². The Morgan fingerprint density at radius 3 is 1.38 bits per heavy atom. The number of furan rings is 1. The number of thiophene rings is 1. The molecule has 0 radical (unpaired) electrons. The van der Waals surface area contributed by atoms with Crippen LogP contribution < -0.4 is 22.8 Å².